The van der Waals surface area contributed by atoms with Crippen LogP contribution in [0.3, 0.4) is 0 Å². The van der Waals surface area contributed by atoms with Crippen LogP contribution in [0, 0.1) is 0 Å². The van der Waals surface area contributed by atoms with E-state index in [1.807, 2.05) is 0 Å². The first kappa shape index (κ1) is 22.5. The van der Waals surface area contributed by atoms with Crippen LogP contribution in [0.5, 0.6) is 0 Å². The SMILES string of the molecule is CCCCCCCCCCCCN(C)C(O)(O)CC.Cl. The lowest BCUT2D eigenvalue weighted by Gasteiger charge is -2.30. The topological polar surface area (TPSA) is 43.7 Å². The van der Waals surface area contributed by atoms with E-state index in [1.54, 1.807) is 18.9 Å². The molecule has 124 valence electrons. The zero-order valence-corrected chi connectivity index (χ0v) is 14.6. The van der Waals surface area contributed by atoms with Crippen LogP contribution < -0.4 is 0 Å². The van der Waals surface area contributed by atoms with Gasteiger partial charge in [0.05, 0.1) is 0 Å². The maximum atomic E-state index is 9.62. The van der Waals surface area contributed by atoms with Crippen molar-refractivity contribution in [1.82, 2.24) is 4.90 Å². The quantitative estimate of drug-likeness (QED) is 0.393. The fourth-order valence-electron chi connectivity index (χ4n) is 2.29. The Morgan fingerprint density at radius 1 is 0.750 bits per heavy atom. The van der Waals surface area contributed by atoms with Gasteiger partial charge < -0.3 is 10.2 Å². The molecule has 0 atom stereocenters. The normalized spacial score (nSPS) is 11.7. The Labute approximate surface area is 132 Å². The van der Waals surface area contributed by atoms with Gasteiger partial charge in [-0.3, -0.25) is 4.90 Å². The molecule has 0 saturated heterocycles. The highest BCUT2D eigenvalue weighted by Crippen LogP contribution is 2.13. The third-order valence-corrected chi connectivity index (χ3v) is 3.93. The zero-order valence-electron chi connectivity index (χ0n) is 13.7. The van der Waals surface area contributed by atoms with Crippen LogP contribution in [0.2, 0.25) is 0 Å². The van der Waals surface area contributed by atoms with Gasteiger partial charge in [-0.25, -0.2) is 0 Å². The average molecular weight is 310 g/mol. The van der Waals surface area contributed by atoms with Gasteiger partial charge >= 0.3 is 0 Å². The molecule has 0 aromatic carbocycles. The van der Waals surface area contributed by atoms with Crippen molar-refractivity contribution in [2.45, 2.75) is 90.4 Å². The molecule has 3 nitrogen and oxygen atoms in total. The van der Waals surface area contributed by atoms with Gasteiger partial charge in [0.1, 0.15) is 0 Å². The fraction of sp³-hybridized carbons (Fsp3) is 1.00. The number of unbranched alkanes of at least 4 members (excludes halogenated alkanes) is 9. The molecular weight excluding hydrogens is 274 g/mol. The van der Waals surface area contributed by atoms with Crippen LogP contribution in [-0.2, 0) is 0 Å². The van der Waals surface area contributed by atoms with Gasteiger partial charge in [-0.05, 0) is 13.5 Å². The maximum Gasteiger partial charge on any atom is 0.224 e. The minimum Gasteiger partial charge on any atom is -0.353 e. The minimum absolute atomic E-state index is 0. The second kappa shape index (κ2) is 14.1. The molecule has 0 fully saturated rings. The fourth-order valence-corrected chi connectivity index (χ4v) is 2.29. The second-order valence-corrected chi connectivity index (χ2v) is 5.73. The predicted octanol–water partition coefficient (Wildman–Crippen LogP) is 4.31. The lowest BCUT2D eigenvalue weighted by Crippen LogP contribution is -2.46. The van der Waals surface area contributed by atoms with E-state index in [1.165, 1.54) is 57.8 Å². The molecule has 0 unspecified atom stereocenters. The first-order valence-corrected chi connectivity index (χ1v) is 8.20. The van der Waals surface area contributed by atoms with Crippen LogP contribution in [0.25, 0.3) is 0 Å². The van der Waals surface area contributed by atoms with Crippen LogP contribution in [-0.4, -0.2) is 34.6 Å². The number of rotatable bonds is 13. The maximum absolute atomic E-state index is 9.62. The van der Waals surface area contributed by atoms with Crippen molar-refractivity contribution < 1.29 is 10.2 Å². The van der Waals surface area contributed by atoms with E-state index in [0.717, 1.165) is 13.0 Å². The summed E-state index contributed by atoms with van der Waals surface area (Å²) in [6, 6.07) is 0. The Morgan fingerprint density at radius 3 is 1.55 bits per heavy atom. The van der Waals surface area contributed by atoms with Crippen LogP contribution in [0.15, 0.2) is 0 Å². The van der Waals surface area contributed by atoms with E-state index in [2.05, 4.69) is 6.92 Å². The number of halogens is 1. The summed E-state index contributed by atoms with van der Waals surface area (Å²) in [4.78, 5) is 1.64. The molecule has 20 heavy (non-hydrogen) atoms. The van der Waals surface area contributed by atoms with Crippen molar-refractivity contribution in [1.29, 1.82) is 0 Å². The zero-order chi connectivity index (χ0) is 14.6. The lowest BCUT2D eigenvalue weighted by atomic mass is 10.1. The van der Waals surface area contributed by atoms with Crippen molar-refractivity contribution >= 4 is 12.4 Å². The van der Waals surface area contributed by atoms with Crippen LogP contribution >= 0.6 is 12.4 Å². The summed E-state index contributed by atoms with van der Waals surface area (Å²) in [5, 5.41) is 19.2. The van der Waals surface area contributed by atoms with Gasteiger partial charge in [-0.15, -0.1) is 12.4 Å². The Hall–Kier alpha value is 0.170. The van der Waals surface area contributed by atoms with Crippen molar-refractivity contribution in [3.05, 3.63) is 0 Å². The van der Waals surface area contributed by atoms with Gasteiger partial charge in [-0.2, -0.15) is 0 Å². The highest BCUT2D eigenvalue weighted by molar-refractivity contribution is 5.85. The standard InChI is InChI=1S/C16H35NO2.ClH/c1-4-6-7-8-9-10-11-12-13-14-15-17(3)16(18,19)5-2;/h18-19H,4-15H2,1-3H3;1H. The van der Waals surface area contributed by atoms with Crippen LogP contribution in [0.4, 0.5) is 0 Å². The molecular formula is C16H36ClNO2. The van der Waals surface area contributed by atoms with Crippen molar-refractivity contribution in [2.24, 2.45) is 0 Å². The molecule has 0 aromatic rings. The Balaban J connectivity index is 0. The van der Waals surface area contributed by atoms with Crippen LogP contribution in [0.1, 0.15) is 84.5 Å². The van der Waals surface area contributed by atoms with E-state index in [4.69, 9.17) is 0 Å². The van der Waals surface area contributed by atoms with Crippen molar-refractivity contribution in [3.63, 3.8) is 0 Å². The van der Waals surface area contributed by atoms with E-state index in [9.17, 15) is 10.2 Å². The molecule has 0 aromatic heterocycles. The molecule has 4 heteroatoms. The third-order valence-electron chi connectivity index (χ3n) is 3.93. The second-order valence-electron chi connectivity index (χ2n) is 5.73. The molecule has 0 spiro atoms. The Bertz CT molecular complexity index is 201. The molecule has 0 amide bonds. The molecule has 0 heterocycles. The highest BCUT2D eigenvalue weighted by atomic mass is 35.5. The molecule has 0 aliphatic rings. The molecule has 0 saturated carbocycles. The van der Waals surface area contributed by atoms with E-state index in [-0.39, 0.29) is 12.4 Å². The van der Waals surface area contributed by atoms with Gasteiger partial charge in [0.15, 0.2) is 0 Å². The van der Waals surface area contributed by atoms with E-state index < -0.39 is 5.91 Å². The number of hydrogen-bond acceptors (Lipinski definition) is 3. The summed E-state index contributed by atoms with van der Waals surface area (Å²) in [5.74, 6) is -1.63. The first-order valence-electron chi connectivity index (χ1n) is 8.20. The molecule has 0 aliphatic carbocycles. The van der Waals surface area contributed by atoms with Gasteiger partial charge in [0, 0.05) is 13.0 Å². The predicted molar refractivity (Wildman–Crippen MR) is 89.2 cm³/mol. The monoisotopic (exact) mass is 309 g/mol. The summed E-state index contributed by atoms with van der Waals surface area (Å²) < 4.78 is 0. The summed E-state index contributed by atoms with van der Waals surface area (Å²) in [6.07, 6.45) is 13.4. The molecule has 0 radical (unpaired) electrons. The van der Waals surface area contributed by atoms with Gasteiger partial charge in [0.2, 0.25) is 5.91 Å². The highest BCUT2D eigenvalue weighted by Gasteiger charge is 2.25. The molecule has 0 rings (SSSR count). The Kier molecular flexibility index (Phi) is 15.9. The molecule has 2 N–H and O–H groups in total. The molecule has 0 bridgehead atoms. The third kappa shape index (κ3) is 12.0. The summed E-state index contributed by atoms with van der Waals surface area (Å²) in [6.45, 7) is 4.80. The molecule has 0 aliphatic heterocycles. The van der Waals surface area contributed by atoms with Crippen molar-refractivity contribution in [2.75, 3.05) is 13.6 Å². The van der Waals surface area contributed by atoms with E-state index >= 15 is 0 Å². The smallest absolute Gasteiger partial charge is 0.224 e. The first-order chi connectivity index (χ1) is 9.04. The van der Waals surface area contributed by atoms with Gasteiger partial charge in [-0.1, -0.05) is 71.6 Å². The number of aliphatic hydroxyl groups is 2. The number of nitrogens with zero attached hydrogens (tertiary/aromatic N) is 1. The minimum atomic E-state index is -1.63. The summed E-state index contributed by atoms with van der Waals surface area (Å²) in [5.41, 5.74) is 0. The Morgan fingerprint density at radius 2 is 1.15 bits per heavy atom. The average Bonchev–Trinajstić information content (AvgIpc) is 2.40. The lowest BCUT2D eigenvalue weighted by molar-refractivity contribution is -0.257. The summed E-state index contributed by atoms with van der Waals surface area (Å²) >= 11 is 0. The van der Waals surface area contributed by atoms with Crippen molar-refractivity contribution in [3.8, 4) is 0 Å². The summed E-state index contributed by atoms with van der Waals surface area (Å²) in [7, 11) is 1.78. The van der Waals surface area contributed by atoms with E-state index in [0.29, 0.717) is 6.42 Å². The van der Waals surface area contributed by atoms with Gasteiger partial charge in [0.25, 0.3) is 0 Å². The largest absolute Gasteiger partial charge is 0.353 e. The number of hydrogen-bond donors (Lipinski definition) is 2.